The van der Waals surface area contributed by atoms with Crippen molar-refractivity contribution in [3.8, 4) is 0 Å². The molecule has 4 nitrogen and oxygen atoms in total. The fourth-order valence-corrected chi connectivity index (χ4v) is 3.06. The summed E-state index contributed by atoms with van der Waals surface area (Å²) in [6.07, 6.45) is 0. The maximum atomic E-state index is 13.6. The van der Waals surface area contributed by atoms with E-state index in [1.807, 2.05) is 19.9 Å². The quantitative estimate of drug-likeness (QED) is 0.745. The van der Waals surface area contributed by atoms with E-state index in [-0.39, 0.29) is 36.0 Å². The van der Waals surface area contributed by atoms with Crippen LogP contribution in [0.15, 0.2) is 53.4 Å². The standard InChI is InChI=1S/C19H21FN2O2S/c1-13(2)22-18(23)12-25-17-10-6-4-8-15(17)19(24)21-11-14-7-3-5-9-16(14)20/h3-10,13H,11-12H2,1-2H3,(H,21,24)(H,22,23). The smallest absolute Gasteiger partial charge is 0.252 e. The van der Waals surface area contributed by atoms with Crippen LogP contribution in [0.4, 0.5) is 4.39 Å². The van der Waals surface area contributed by atoms with Gasteiger partial charge in [-0.2, -0.15) is 0 Å². The van der Waals surface area contributed by atoms with Gasteiger partial charge in [-0.3, -0.25) is 9.59 Å². The molecule has 25 heavy (non-hydrogen) atoms. The van der Waals surface area contributed by atoms with E-state index in [0.717, 1.165) is 0 Å². The summed E-state index contributed by atoms with van der Waals surface area (Å²) in [6.45, 7) is 3.90. The Labute approximate surface area is 151 Å². The summed E-state index contributed by atoms with van der Waals surface area (Å²) in [4.78, 5) is 24.9. The SMILES string of the molecule is CC(C)NC(=O)CSc1ccccc1C(=O)NCc1ccccc1F. The van der Waals surface area contributed by atoms with Crippen molar-refractivity contribution in [2.24, 2.45) is 0 Å². The highest BCUT2D eigenvalue weighted by atomic mass is 32.2. The number of nitrogens with one attached hydrogen (secondary N) is 2. The molecule has 0 bridgehead atoms. The van der Waals surface area contributed by atoms with Crippen LogP contribution in [0.5, 0.6) is 0 Å². The summed E-state index contributed by atoms with van der Waals surface area (Å²) in [6, 6.07) is 13.5. The molecule has 0 aliphatic heterocycles. The Balaban J connectivity index is 2.00. The maximum absolute atomic E-state index is 13.6. The van der Waals surface area contributed by atoms with Crippen molar-refractivity contribution >= 4 is 23.6 Å². The Kier molecular flexibility index (Phi) is 7.01. The summed E-state index contributed by atoms with van der Waals surface area (Å²) in [5, 5.41) is 5.54. The fraction of sp³-hybridized carbons (Fsp3) is 0.263. The molecule has 2 aromatic carbocycles. The number of hydrogen-bond donors (Lipinski definition) is 2. The van der Waals surface area contributed by atoms with E-state index >= 15 is 0 Å². The number of carbonyl (C=O) groups excluding carboxylic acids is 2. The Morgan fingerprint density at radius 1 is 1.08 bits per heavy atom. The molecule has 0 aromatic heterocycles. The zero-order valence-corrected chi connectivity index (χ0v) is 15.0. The number of thioether (sulfide) groups is 1. The maximum Gasteiger partial charge on any atom is 0.252 e. The number of rotatable bonds is 7. The van der Waals surface area contributed by atoms with Crippen LogP contribution in [-0.2, 0) is 11.3 Å². The molecule has 0 saturated carbocycles. The third-order valence-corrected chi connectivity index (χ3v) is 4.41. The van der Waals surface area contributed by atoms with Gasteiger partial charge < -0.3 is 10.6 Å². The first-order valence-corrected chi connectivity index (χ1v) is 8.98. The van der Waals surface area contributed by atoms with E-state index in [0.29, 0.717) is 16.0 Å². The number of carbonyl (C=O) groups is 2. The summed E-state index contributed by atoms with van der Waals surface area (Å²) in [7, 11) is 0. The van der Waals surface area contributed by atoms with Crippen molar-refractivity contribution in [2.45, 2.75) is 31.3 Å². The van der Waals surface area contributed by atoms with Crippen LogP contribution in [0.3, 0.4) is 0 Å². The highest BCUT2D eigenvalue weighted by Gasteiger charge is 2.13. The van der Waals surface area contributed by atoms with E-state index in [9.17, 15) is 14.0 Å². The molecule has 0 aliphatic carbocycles. The predicted octanol–water partition coefficient (Wildman–Crippen LogP) is 3.37. The molecule has 0 heterocycles. The lowest BCUT2D eigenvalue weighted by molar-refractivity contribution is -0.119. The molecule has 132 valence electrons. The zero-order chi connectivity index (χ0) is 18.2. The Hall–Kier alpha value is -2.34. The highest BCUT2D eigenvalue weighted by Crippen LogP contribution is 2.22. The highest BCUT2D eigenvalue weighted by molar-refractivity contribution is 8.00. The minimum atomic E-state index is -0.351. The van der Waals surface area contributed by atoms with Crippen molar-refractivity contribution in [1.29, 1.82) is 0 Å². The van der Waals surface area contributed by atoms with Crippen LogP contribution in [0.25, 0.3) is 0 Å². The zero-order valence-electron chi connectivity index (χ0n) is 14.2. The summed E-state index contributed by atoms with van der Waals surface area (Å²) in [5.74, 6) is -0.497. The molecule has 0 unspecified atom stereocenters. The van der Waals surface area contributed by atoms with Crippen molar-refractivity contribution < 1.29 is 14.0 Å². The van der Waals surface area contributed by atoms with Crippen LogP contribution in [0.1, 0.15) is 29.8 Å². The van der Waals surface area contributed by atoms with Gasteiger partial charge in [-0.25, -0.2) is 4.39 Å². The second-order valence-corrected chi connectivity index (χ2v) is 6.80. The summed E-state index contributed by atoms with van der Waals surface area (Å²) < 4.78 is 13.6. The minimum Gasteiger partial charge on any atom is -0.353 e. The van der Waals surface area contributed by atoms with Crippen LogP contribution < -0.4 is 10.6 Å². The van der Waals surface area contributed by atoms with E-state index in [2.05, 4.69) is 10.6 Å². The van der Waals surface area contributed by atoms with Crippen LogP contribution in [0, 0.1) is 5.82 Å². The molecule has 0 atom stereocenters. The van der Waals surface area contributed by atoms with Crippen LogP contribution in [-0.4, -0.2) is 23.6 Å². The van der Waals surface area contributed by atoms with Crippen molar-refractivity contribution in [3.05, 3.63) is 65.5 Å². The molecule has 6 heteroatoms. The van der Waals surface area contributed by atoms with Gasteiger partial charge in [-0.05, 0) is 32.0 Å². The predicted molar refractivity (Wildman–Crippen MR) is 98.0 cm³/mol. The van der Waals surface area contributed by atoms with Gasteiger partial charge in [0.05, 0.1) is 11.3 Å². The Bertz CT molecular complexity index is 750. The lowest BCUT2D eigenvalue weighted by atomic mass is 10.2. The molecule has 2 rings (SSSR count). The van der Waals surface area contributed by atoms with Crippen molar-refractivity contribution in [1.82, 2.24) is 10.6 Å². The molecule has 2 N–H and O–H groups in total. The third kappa shape index (κ3) is 5.90. The van der Waals surface area contributed by atoms with Crippen molar-refractivity contribution in [2.75, 3.05) is 5.75 Å². The van der Waals surface area contributed by atoms with Gasteiger partial charge in [0, 0.05) is 23.0 Å². The van der Waals surface area contributed by atoms with E-state index in [1.54, 1.807) is 36.4 Å². The lowest BCUT2D eigenvalue weighted by Crippen LogP contribution is -2.31. The van der Waals surface area contributed by atoms with Gasteiger partial charge in [0.25, 0.3) is 5.91 Å². The summed E-state index contributed by atoms with van der Waals surface area (Å²) >= 11 is 1.30. The number of halogens is 1. The Morgan fingerprint density at radius 2 is 1.76 bits per heavy atom. The molecule has 0 spiro atoms. The molecule has 2 aromatic rings. The summed E-state index contributed by atoms with van der Waals surface area (Å²) in [5.41, 5.74) is 0.901. The molecule has 0 fully saturated rings. The number of amides is 2. The van der Waals surface area contributed by atoms with Crippen LogP contribution in [0.2, 0.25) is 0 Å². The van der Waals surface area contributed by atoms with Gasteiger partial charge in [-0.1, -0.05) is 30.3 Å². The average Bonchev–Trinajstić information content (AvgIpc) is 2.58. The monoisotopic (exact) mass is 360 g/mol. The minimum absolute atomic E-state index is 0.0763. The van der Waals surface area contributed by atoms with Gasteiger partial charge in [0.2, 0.25) is 5.91 Å². The normalized spacial score (nSPS) is 10.6. The fourth-order valence-electron chi connectivity index (χ4n) is 2.20. The first kappa shape index (κ1) is 19.0. The second-order valence-electron chi connectivity index (χ2n) is 5.78. The first-order valence-electron chi connectivity index (χ1n) is 8.00. The van der Waals surface area contributed by atoms with Gasteiger partial charge in [0.1, 0.15) is 5.82 Å². The Morgan fingerprint density at radius 3 is 2.48 bits per heavy atom. The average molecular weight is 360 g/mol. The lowest BCUT2D eigenvalue weighted by Gasteiger charge is -2.11. The van der Waals surface area contributed by atoms with Gasteiger partial charge >= 0.3 is 0 Å². The number of benzene rings is 2. The topological polar surface area (TPSA) is 58.2 Å². The number of hydrogen-bond acceptors (Lipinski definition) is 3. The van der Waals surface area contributed by atoms with Gasteiger partial charge in [-0.15, -0.1) is 11.8 Å². The largest absolute Gasteiger partial charge is 0.353 e. The molecule has 2 amide bonds. The van der Waals surface area contributed by atoms with Gasteiger partial charge in [0.15, 0.2) is 0 Å². The first-order chi connectivity index (χ1) is 12.0. The molecular formula is C19H21FN2O2S. The van der Waals surface area contributed by atoms with Crippen LogP contribution >= 0.6 is 11.8 Å². The van der Waals surface area contributed by atoms with E-state index in [1.165, 1.54) is 17.8 Å². The molecule has 0 aliphatic rings. The molecule has 0 radical (unpaired) electrons. The van der Waals surface area contributed by atoms with E-state index in [4.69, 9.17) is 0 Å². The molecular weight excluding hydrogens is 339 g/mol. The van der Waals surface area contributed by atoms with Crippen molar-refractivity contribution in [3.63, 3.8) is 0 Å². The van der Waals surface area contributed by atoms with E-state index < -0.39 is 0 Å². The second kappa shape index (κ2) is 9.22. The third-order valence-electron chi connectivity index (χ3n) is 3.34. The molecule has 0 saturated heterocycles.